The third-order valence-corrected chi connectivity index (χ3v) is 7.84. The molecule has 0 aliphatic carbocycles. The molecular weight excluding hydrogens is 429 g/mol. The molecule has 0 saturated carbocycles. The number of ketones is 1. The third-order valence-electron chi connectivity index (χ3n) is 3.35. The molecule has 3 rings (SSSR count). The second-order valence-electron chi connectivity index (χ2n) is 4.90. The van der Waals surface area contributed by atoms with Crippen molar-refractivity contribution in [3.05, 3.63) is 44.5 Å². The van der Waals surface area contributed by atoms with E-state index in [0.717, 1.165) is 30.5 Å². The van der Waals surface area contributed by atoms with Crippen LogP contribution in [0.4, 0.5) is 0 Å². The van der Waals surface area contributed by atoms with E-state index in [1.165, 1.54) is 4.67 Å². The lowest BCUT2D eigenvalue weighted by Gasteiger charge is -2.09. The first-order chi connectivity index (χ1) is 11.1. The monoisotopic (exact) mass is 441 g/mol. The lowest BCUT2D eigenvalue weighted by atomic mass is 10.1. The second kappa shape index (κ2) is 9.57. The predicted molar refractivity (Wildman–Crippen MR) is 99.5 cm³/mol. The second-order valence-corrected chi connectivity index (χ2v) is 9.21. The summed E-state index contributed by atoms with van der Waals surface area (Å²) in [5.74, 6) is 0.389. The molecule has 0 unspecified atom stereocenters. The number of carbonyl (C=O) groups is 1. The van der Waals surface area contributed by atoms with Crippen LogP contribution in [0.15, 0.2) is 28.5 Å². The normalized spacial score (nSPS) is 14.3. The van der Waals surface area contributed by atoms with E-state index in [1.807, 2.05) is 0 Å². The number of carbonyl (C=O) groups excluding carboxylic acids is 1. The zero-order valence-electron chi connectivity index (χ0n) is 12.5. The molecule has 9 heteroatoms. The summed E-state index contributed by atoms with van der Waals surface area (Å²) in [5.41, 5.74) is 0.525. The van der Waals surface area contributed by atoms with Crippen LogP contribution in [0.5, 0.6) is 0 Å². The van der Waals surface area contributed by atoms with Gasteiger partial charge in [-0.05, 0) is 28.5 Å². The maximum Gasteiger partial charge on any atom is 0.268 e. The number of thioether (sulfide) groups is 1. The molecule has 1 aliphatic heterocycles. The van der Waals surface area contributed by atoms with Gasteiger partial charge in [0.15, 0.2) is 18.9 Å². The molecule has 0 spiro atoms. The van der Waals surface area contributed by atoms with Crippen molar-refractivity contribution >= 4 is 61.4 Å². The Kier molecular flexibility index (Phi) is 8.07. The highest BCUT2D eigenvalue weighted by atomic mass is 35.5. The Morgan fingerprint density at radius 2 is 1.96 bits per heavy atom. The zero-order valence-corrected chi connectivity index (χ0v) is 17.2. The van der Waals surface area contributed by atoms with Crippen molar-refractivity contribution in [3.8, 4) is 0 Å². The minimum absolute atomic E-state index is 0. The Balaban J connectivity index is 0.00000208. The van der Waals surface area contributed by atoms with Crippen LogP contribution in [0.25, 0.3) is 0 Å². The number of Topliss-reactive ketones (excluding diaryl/α,β-unsaturated/α-hetero) is 1. The fourth-order valence-electron chi connectivity index (χ4n) is 2.16. The number of ether oxygens (including phenoxy) is 1. The number of hydrogen-bond acceptors (Lipinski definition) is 5. The van der Waals surface area contributed by atoms with Gasteiger partial charge in [0.05, 0.1) is 15.0 Å². The van der Waals surface area contributed by atoms with Gasteiger partial charge in [-0.25, -0.2) is 4.58 Å². The molecule has 3 nitrogen and oxygen atoms in total. The van der Waals surface area contributed by atoms with Crippen molar-refractivity contribution in [2.45, 2.75) is 4.21 Å². The standard InChI is InChI=1S/C15H14Cl2NO2S3.ClH/c16-10-1-2-11(12(17)7-10)13(19)9-21-15-8-14(22-23-15)18-3-5-20-6-4-18;/h1-2,7-8H,3-6,9H2;1H/q+1;/p-1. The average molecular weight is 443 g/mol. The first kappa shape index (κ1) is 20.2. The molecule has 0 bridgehead atoms. The van der Waals surface area contributed by atoms with Crippen LogP contribution in [0.1, 0.15) is 10.4 Å². The number of rotatable bonds is 4. The van der Waals surface area contributed by atoms with Crippen molar-refractivity contribution in [3.63, 3.8) is 0 Å². The van der Waals surface area contributed by atoms with Gasteiger partial charge in [0.25, 0.3) is 4.67 Å². The summed E-state index contributed by atoms with van der Waals surface area (Å²) in [6.07, 6.45) is 0. The van der Waals surface area contributed by atoms with Crippen molar-refractivity contribution in [1.29, 1.82) is 0 Å². The Labute approximate surface area is 168 Å². The summed E-state index contributed by atoms with van der Waals surface area (Å²) in [4.78, 5) is 12.3. The van der Waals surface area contributed by atoms with E-state index >= 15 is 0 Å². The smallest absolute Gasteiger partial charge is 0.268 e. The van der Waals surface area contributed by atoms with E-state index in [2.05, 4.69) is 10.6 Å². The number of halogens is 3. The molecule has 0 amide bonds. The van der Waals surface area contributed by atoms with Gasteiger partial charge in [-0.1, -0.05) is 33.5 Å². The summed E-state index contributed by atoms with van der Waals surface area (Å²) in [6.45, 7) is 3.41. The molecule has 24 heavy (non-hydrogen) atoms. The van der Waals surface area contributed by atoms with Crippen LogP contribution in [0.3, 0.4) is 0 Å². The largest absolute Gasteiger partial charge is 1.00 e. The molecular formula is C15H14Cl3NO2S3. The SMILES string of the molecule is O=C(CSc1cc(=[N+]2CCOCC2)ss1)c1ccc(Cl)cc1Cl.[Cl-]. The Hall–Kier alpha value is -0.0800. The summed E-state index contributed by atoms with van der Waals surface area (Å²) < 4.78 is 10.1. The lowest BCUT2D eigenvalue weighted by Crippen LogP contribution is -3.00. The van der Waals surface area contributed by atoms with E-state index in [1.54, 1.807) is 50.6 Å². The first-order valence-corrected chi connectivity index (χ1v) is 10.9. The third kappa shape index (κ3) is 5.21. The molecule has 1 aromatic heterocycles. The fourth-order valence-corrected chi connectivity index (χ4v) is 6.44. The molecule has 2 heterocycles. The van der Waals surface area contributed by atoms with E-state index in [4.69, 9.17) is 27.9 Å². The molecule has 0 radical (unpaired) electrons. The minimum Gasteiger partial charge on any atom is -1.00 e. The van der Waals surface area contributed by atoms with Gasteiger partial charge >= 0.3 is 0 Å². The van der Waals surface area contributed by atoms with Crippen molar-refractivity contribution < 1.29 is 21.9 Å². The number of hydrogen-bond donors (Lipinski definition) is 0. The lowest BCUT2D eigenvalue weighted by molar-refractivity contribution is -0.0000129. The van der Waals surface area contributed by atoms with Gasteiger partial charge in [0, 0.05) is 16.7 Å². The van der Waals surface area contributed by atoms with E-state index in [-0.39, 0.29) is 18.2 Å². The predicted octanol–water partition coefficient (Wildman–Crippen LogP) is 0.898. The Bertz CT molecular complexity index is 780. The van der Waals surface area contributed by atoms with Crippen molar-refractivity contribution in [2.75, 3.05) is 32.1 Å². The van der Waals surface area contributed by atoms with Crippen LogP contribution < -0.4 is 21.7 Å². The molecule has 1 saturated heterocycles. The van der Waals surface area contributed by atoms with Crippen LogP contribution >= 0.6 is 55.6 Å². The molecule has 1 fully saturated rings. The number of nitrogens with zero attached hydrogens (tertiary/aromatic N) is 1. The molecule has 0 atom stereocenters. The Morgan fingerprint density at radius 1 is 1.21 bits per heavy atom. The number of morpholine rings is 1. The highest BCUT2D eigenvalue weighted by Crippen LogP contribution is 2.27. The highest BCUT2D eigenvalue weighted by molar-refractivity contribution is 8.03. The summed E-state index contributed by atoms with van der Waals surface area (Å²) in [6, 6.07) is 7.13. The summed E-state index contributed by atoms with van der Waals surface area (Å²) >= 11 is 13.5. The van der Waals surface area contributed by atoms with Crippen LogP contribution in [-0.2, 0) is 4.74 Å². The number of benzene rings is 1. The van der Waals surface area contributed by atoms with E-state index in [0.29, 0.717) is 21.4 Å². The Morgan fingerprint density at radius 3 is 2.67 bits per heavy atom. The van der Waals surface area contributed by atoms with Gasteiger partial charge < -0.3 is 17.1 Å². The topological polar surface area (TPSA) is 29.3 Å². The quantitative estimate of drug-likeness (QED) is 0.305. The first-order valence-electron chi connectivity index (χ1n) is 7.00. The summed E-state index contributed by atoms with van der Waals surface area (Å²) in [7, 11) is 3.45. The van der Waals surface area contributed by atoms with Gasteiger partial charge in [0.2, 0.25) is 0 Å². The maximum atomic E-state index is 12.3. The van der Waals surface area contributed by atoms with Crippen molar-refractivity contribution in [1.82, 2.24) is 4.58 Å². The molecule has 0 N–H and O–H groups in total. The van der Waals surface area contributed by atoms with Gasteiger partial charge in [-0.2, -0.15) is 0 Å². The highest BCUT2D eigenvalue weighted by Gasteiger charge is 2.15. The minimum atomic E-state index is 0. The van der Waals surface area contributed by atoms with Crippen molar-refractivity contribution in [2.24, 2.45) is 0 Å². The van der Waals surface area contributed by atoms with E-state index in [9.17, 15) is 4.79 Å². The van der Waals surface area contributed by atoms with Gasteiger partial charge in [-0.15, -0.1) is 11.8 Å². The maximum absolute atomic E-state index is 12.3. The van der Waals surface area contributed by atoms with Crippen LogP contribution in [0.2, 0.25) is 10.0 Å². The van der Waals surface area contributed by atoms with Gasteiger partial charge in [-0.3, -0.25) is 4.79 Å². The molecule has 1 aliphatic rings. The van der Waals surface area contributed by atoms with Crippen LogP contribution in [0, 0.1) is 0 Å². The average Bonchev–Trinajstić information content (AvgIpc) is 3.02. The zero-order chi connectivity index (χ0) is 16.2. The van der Waals surface area contributed by atoms with Crippen LogP contribution in [-0.4, -0.2) is 37.8 Å². The molecule has 2 aromatic rings. The van der Waals surface area contributed by atoms with Gasteiger partial charge in [0.1, 0.15) is 13.2 Å². The fraction of sp³-hybridized carbons (Fsp3) is 0.333. The van der Waals surface area contributed by atoms with E-state index < -0.39 is 0 Å². The summed E-state index contributed by atoms with van der Waals surface area (Å²) in [5, 5.41) is 0.945. The molecule has 130 valence electrons. The molecule has 1 aromatic carbocycles.